The van der Waals surface area contributed by atoms with E-state index in [2.05, 4.69) is 5.48 Å². The van der Waals surface area contributed by atoms with Crippen molar-refractivity contribution in [2.24, 2.45) is 0 Å². The van der Waals surface area contributed by atoms with E-state index in [9.17, 15) is 4.79 Å². The van der Waals surface area contributed by atoms with E-state index in [-0.39, 0.29) is 0 Å². The Kier molecular flexibility index (Phi) is 4.16. The van der Waals surface area contributed by atoms with Crippen molar-refractivity contribution >= 4 is 5.97 Å². The summed E-state index contributed by atoms with van der Waals surface area (Å²) in [5.41, 5.74) is 1.79. The van der Waals surface area contributed by atoms with Gasteiger partial charge in [-0.3, -0.25) is 9.63 Å². The average Bonchev–Trinajstić information content (AvgIpc) is 1.85. The number of hydroxylamine groups is 1. The van der Waals surface area contributed by atoms with Gasteiger partial charge in [0.15, 0.2) is 6.04 Å². The molecule has 0 aromatic carbocycles. The molecule has 0 unspecified atom stereocenters. The number of nitrogens with one attached hydrogen (secondary N) is 1. The smallest absolute Gasteiger partial charge is 0.325 e. The van der Waals surface area contributed by atoms with Crippen LogP contribution >= 0.6 is 0 Å². The minimum Gasteiger partial charge on any atom is -0.480 e. The summed E-state index contributed by atoms with van der Waals surface area (Å²) in [5.74, 6) is -1.14. The summed E-state index contributed by atoms with van der Waals surface area (Å²) in [4.78, 5) is 15.3. The Bertz CT molecular complexity index is 152. The third kappa shape index (κ3) is 5.06. The second-order valence-electron chi connectivity index (χ2n) is 3.41. The standard InChI is InChI=1S/C7H15NO4/c1-7(2,3)12-8-5(4-9)6(10)11/h5,8-9H,4H2,1-3H3,(H,10,11)/t5-/m0/s1. The van der Waals surface area contributed by atoms with Crippen LogP contribution < -0.4 is 5.48 Å². The van der Waals surface area contributed by atoms with E-state index >= 15 is 0 Å². The summed E-state index contributed by atoms with van der Waals surface area (Å²) in [6.45, 7) is 4.83. The van der Waals surface area contributed by atoms with Crippen LogP contribution in [0.2, 0.25) is 0 Å². The van der Waals surface area contributed by atoms with Crippen LogP contribution in [-0.2, 0) is 9.63 Å². The van der Waals surface area contributed by atoms with Crippen molar-refractivity contribution in [3.05, 3.63) is 0 Å². The molecule has 0 spiro atoms. The zero-order valence-electron chi connectivity index (χ0n) is 7.50. The van der Waals surface area contributed by atoms with Crippen LogP contribution in [0.4, 0.5) is 0 Å². The first-order chi connectivity index (χ1) is 5.37. The minimum absolute atomic E-state index is 0.469. The van der Waals surface area contributed by atoms with E-state index in [1.54, 1.807) is 20.8 Å². The minimum atomic E-state index is -1.14. The van der Waals surface area contributed by atoms with Crippen molar-refractivity contribution in [1.29, 1.82) is 0 Å². The van der Waals surface area contributed by atoms with Crippen LogP contribution in [0.3, 0.4) is 0 Å². The van der Waals surface area contributed by atoms with E-state index < -0.39 is 24.2 Å². The fourth-order valence-electron chi connectivity index (χ4n) is 0.414. The lowest BCUT2D eigenvalue weighted by molar-refractivity contribution is -0.152. The van der Waals surface area contributed by atoms with Crippen molar-refractivity contribution in [1.82, 2.24) is 5.48 Å². The molecule has 5 heteroatoms. The number of aliphatic hydroxyl groups excluding tert-OH is 1. The topological polar surface area (TPSA) is 78.8 Å². The van der Waals surface area contributed by atoms with E-state index in [4.69, 9.17) is 15.1 Å². The molecule has 0 aliphatic heterocycles. The maximum absolute atomic E-state index is 10.3. The molecule has 0 aliphatic rings. The molecule has 0 rings (SSSR count). The van der Waals surface area contributed by atoms with E-state index in [0.717, 1.165) is 0 Å². The highest BCUT2D eigenvalue weighted by Crippen LogP contribution is 2.04. The van der Waals surface area contributed by atoms with Crippen LogP contribution in [-0.4, -0.2) is 34.4 Å². The number of carbonyl (C=O) groups is 1. The molecule has 0 saturated carbocycles. The Morgan fingerprint density at radius 3 is 2.33 bits per heavy atom. The predicted octanol–water partition coefficient (Wildman–Crippen LogP) is -0.248. The number of rotatable bonds is 4. The van der Waals surface area contributed by atoms with Gasteiger partial charge in [0.2, 0.25) is 0 Å². The third-order valence-electron chi connectivity index (χ3n) is 0.988. The summed E-state index contributed by atoms with van der Waals surface area (Å²) < 4.78 is 0. The highest BCUT2D eigenvalue weighted by Gasteiger charge is 2.19. The number of aliphatic hydroxyl groups is 1. The maximum atomic E-state index is 10.3. The predicted molar refractivity (Wildman–Crippen MR) is 42.5 cm³/mol. The lowest BCUT2D eigenvalue weighted by Crippen LogP contribution is -2.43. The van der Waals surface area contributed by atoms with Crippen molar-refractivity contribution < 1.29 is 19.8 Å². The van der Waals surface area contributed by atoms with E-state index in [1.807, 2.05) is 0 Å². The third-order valence-corrected chi connectivity index (χ3v) is 0.988. The fraction of sp³-hybridized carbons (Fsp3) is 0.857. The molecule has 5 nitrogen and oxygen atoms in total. The lowest BCUT2D eigenvalue weighted by atomic mass is 10.2. The Morgan fingerprint density at radius 1 is 1.58 bits per heavy atom. The van der Waals surface area contributed by atoms with Gasteiger partial charge >= 0.3 is 5.97 Å². The molecule has 3 N–H and O–H groups in total. The van der Waals surface area contributed by atoms with Crippen LogP contribution in [0.15, 0.2) is 0 Å². The molecule has 0 amide bonds. The molecule has 0 heterocycles. The summed E-state index contributed by atoms with van der Waals surface area (Å²) in [6.07, 6.45) is 0. The van der Waals surface area contributed by atoms with Gasteiger partial charge in [0.05, 0.1) is 12.2 Å². The number of carboxylic acid groups (broad SMARTS) is 1. The molecular weight excluding hydrogens is 162 g/mol. The summed E-state index contributed by atoms with van der Waals surface area (Å²) in [7, 11) is 0. The van der Waals surface area contributed by atoms with Gasteiger partial charge in [-0.1, -0.05) is 0 Å². The van der Waals surface area contributed by atoms with Gasteiger partial charge in [-0.25, -0.2) is 0 Å². The number of aliphatic carboxylic acids is 1. The first-order valence-corrected chi connectivity index (χ1v) is 3.64. The highest BCUT2D eigenvalue weighted by molar-refractivity contribution is 5.73. The second kappa shape index (κ2) is 4.39. The van der Waals surface area contributed by atoms with Gasteiger partial charge in [-0.05, 0) is 20.8 Å². The number of hydrogen-bond donors (Lipinski definition) is 3. The van der Waals surface area contributed by atoms with Crippen LogP contribution in [0.1, 0.15) is 20.8 Å². The average molecular weight is 177 g/mol. The van der Waals surface area contributed by atoms with Gasteiger partial charge in [0.25, 0.3) is 0 Å². The van der Waals surface area contributed by atoms with E-state index in [1.165, 1.54) is 0 Å². The molecule has 0 fully saturated rings. The Morgan fingerprint density at radius 2 is 2.08 bits per heavy atom. The first-order valence-electron chi connectivity index (χ1n) is 3.64. The zero-order chi connectivity index (χ0) is 9.78. The molecule has 0 aromatic heterocycles. The summed E-state index contributed by atoms with van der Waals surface area (Å²) in [5, 5.41) is 17.0. The van der Waals surface area contributed by atoms with Crippen molar-refractivity contribution in [2.75, 3.05) is 6.61 Å². The maximum Gasteiger partial charge on any atom is 0.325 e. The van der Waals surface area contributed by atoms with Gasteiger partial charge in [-0.15, -0.1) is 0 Å². The summed E-state index contributed by atoms with van der Waals surface area (Å²) >= 11 is 0. The normalized spacial score (nSPS) is 14.3. The van der Waals surface area contributed by atoms with Gasteiger partial charge in [0.1, 0.15) is 0 Å². The Labute approximate surface area is 71.3 Å². The second-order valence-corrected chi connectivity index (χ2v) is 3.41. The molecule has 0 saturated heterocycles. The SMILES string of the molecule is CC(C)(C)ON[C@@H](CO)C(=O)O. The molecule has 0 radical (unpaired) electrons. The quantitative estimate of drug-likeness (QED) is 0.516. The van der Waals surface area contributed by atoms with Crippen LogP contribution in [0.5, 0.6) is 0 Å². The molecule has 0 bridgehead atoms. The first kappa shape index (κ1) is 11.4. The van der Waals surface area contributed by atoms with Crippen molar-refractivity contribution in [3.63, 3.8) is 0 Å². The molecule has 0 aliphatic carbocycles. The van der Waals surface area contributed by atoms with Gasteiger partial charge in [-0.2, -0.15) is 5.48 Å². The monoisotopic (exact) mass is 177 g/mol. The zero-order valence-corrected chi connectivity index (χ0v) is 7.50. The van der Waals surface area contributed by atoms with Crippen LogP contribution in [0.25, 0.3) is 0 Å². The fourth-order valence-corrected chi connectivity index (χ4v) is 0.414. The van der Waals surface area contributed by atoms with Crippen LogP contribution in [0, 0.1) is 0 Å². The largest absolute Gasteiger partial charge is 0.480 e. The lowest BCUT2D eigenvalue weighted by Gasteiger charge is -2.21. The molecule has 1 atom stereocenters. The van der Waals surface area contributed by atoms with Gasteiger partial charge < -0.3 is 10.2 Å². The summed E-state index contributed by atoms with van der Waals surface area (Å²) in [6, 6.07) is -1.07. The van der Waals surface area contributed by atoms with Gasteiger partial charge in [0, 0.05) is 0 Å². The molecular formula is C7H15NO4. The molecule has 72 valence electrons. The number of carboxylic acids is 1. The molecule has 12 heavy (non-hydrogen) atoms. The highest BCUT2D eigenvalue weighted by atomic mass is 16.7. The molecule has 0 aromatic rings. The van der Waals surface area contributed by atoms with Crippen molar-refractivity contribution in [3.8, 4) is 0 Å². The Hall–Kier alpha value is -0.650. The Balaban J connectivity index is 3.81. The van der Waals surface area contributed by atoms with E-state index in [0.29, 0.717) is 0 Å². The number of hydrogen-bond acceptors (Lipinski definition) is 4. The van der Waals surface area contributed by atoms with Crippen molar-refractivity contribution in [2.45, 2.75) is 32.4 Å².